The van der Waals surface area contributed by atoms with E-state index in [-0.39, 0.29) is 5.91 Å². The van der Waals surface area contributed by atoms with Gasteiger partial charge >= 0.3 is 0 Å². The molecular weight excluding hydrogens is 334 g/mol. The maximum atomic E-state index is 12.2. The molecule has 0 bridgehead atoms. The van der Waals surface area contributed by atoms with Crippen molar-refractivity contribution >= 4 is 5.91 Å². The molecule has 4 nitrogen and oxygen atoms in total. The maximum Gasteiger partial charge on any atom is 0.221 e. The monoisotopic (exact) mass is 369 g/mol. The molecule has 1 aliphatic heterocycles. The molecule has 1 atom stereocenters. The Morgan fingerprint density at radius 1 is 0.963 bits per heavy atom. The number of hydrogen-bond acceptors (Lipinski definition) is 3. The van der Waals surface area contributed by atoms with Crippen molar-refractivity contribution in [3.8, 4) is 0 Å². The second-order valence-electron chi connectivity index (χ2n) is 8.70. The van der Waals surface area contributed by atoms with Crippen molar-refractivity contribution in [1.29, 1.82) is 0 Å². The molecule has 4 heteroatoms. The number of amides is 1. The van der Waals surface area contributed by atoms with Gasteiger partial charge in [0.2, 0.25) is 5.91 Å². The summed E-state index contributed by atoms with van der Waals surface area (Å²) in [4.78, 5) is 17.4. The van der Waals surface area contributed by atoms with Crippen LogP contribution in [0.25, 0.3) is 0 Å². The first-order chi connectivity index (χ1) is 13.3. The molecule has 0 spiro atoms. The van der Waals surface area contributed by atoms with E-state index in [0.717, 1.165) is 32.7 Å². The summed E-state index contributed by atoms with van der Waals surface area (Å²) < 4.78 is 0. The topological polar surface area (TPSA) is 35.6 Å². The fourth-order valence-electron chi connectivity index (χ4n) is 5.15. The Bertz CT molecular complexity index is 618. The fourth-order valence-corrected chi connectivity index (χ4v) is 5.15. The molecule has 27 heavy (non-hydrogen) atoms. The lowest BCUT2D eigenvalue weighted by molar-refractivity contribution is -0.122. The Morgan fingerprint density at radius 2 is 1.70 bits per heavy atom. The van der Waals surface area contributed by atoms with E-state index in [0.29, 0.717) is 18.5 Å². The summed E-state index contributed by atoms with van der Waals surface area (Å²) in [5, 5.41) is 3.25. The minimum absolute atomic E-state index is 0.258. The van der Waals surface area contributed by atoms with E-state index in [4.69, 9.17) is 0 Å². The number of nitrogens with zero attached hydrogens (tertiary/aromatic N) is 2. The molecule has 1 N–H and O–H groups in total. The van der Waals surface area contributed by atoms with Crippen molar-refractivity contribution in [3.63, 3.8) is 0 Å². The average Bonchev–Trinajstić information content (AvgIpc) is 2.73. The van der Waals surface area contributed by atoms with Gasteiger partial charge in [0.05, 0.1) is 0 Å². The van der Waals surface area contributed by atoms with E-state index in [2.05, 4.69) is 39.4 Å². The Hall–Kier alpha value is -1.39. The first-order valence-corrected chi connectivity index (χ1v) is 11.1. The highest BCUT2D eigenvalue weighted by Crippen LogP contribution is 2.25. The third kappa shape index (κ3) is 5.11. The molecule has 1 amide bonds. The van der Waals surface area contributed by atoms with Gasteiger partial charge in [-0.15, -0.1) is 0 Å². The number of piperazine rings is 1. The highest BCUT2D eigenvalue weighted by Gasteiger charge is 2.27. The van der Waals surface area contributed by atoms with Crippen LogP contribution in [0.2, 0.25) is 0 Å². The van der Waals surface area contributed by atoms with Crippen molar-refractivity contribution in [3.05, 3.63) is 35.4 Å². The lowest BCUT2D eigenvalue weighted by atomic mass is 9.87. The van der Waals surface area contributed by atoms with Crippen LogP contribution in [0.5, 0.6) is 0 Å². The molecule has 0 aromatic heterocycles. The van der Waals surface area contributed by atoms with Gasteiger partial charge in [-0.1, -0.05) is 43.5 Å². The summed E-state index contributed by atoms with van der Waals surface area (Å²) in [6.45, 7) is 5.43. The van der Waals surface area contributed by atoms with Crippen LogP contribution in [-0.4, -0.2) is 60.5 Å². The first kappa shape index (κ1) is 18.9. The SMILES string of the molecule is O=C(CCN1CCN([C@H]2CCc3ccccc3C2)CC1)NC1CCCCC1. The third-order valence-corrected chi connectivity index (χ3v) is 6.87. The van der Waals surface area contributed by atoms with E-state index in [1.54, 1.807) is 11.1 Å². The summed E-state index contributed by atoms with van der Waals surface area (Å²) in [5.41, 5.74) is 3.10. The molecule has 1 saturated heterocycles. The molecule has 2 aliphatic carbocycles. The van der Waals surface area contributed by atoms with Gasteiger partial charge in [-0.2, -0.15) is 0 Å². The number of hydrogen-bond donors (Lipinski definition) is 1. The highest BCUT2D eigenvalue weighted by atomic mass is 16.1. The van der Waals surface area contributed by atoms with Crippen LogP contribution in [0.3, 0.4) is 0 Å². The number of carbonyl (C=O) groups is 1. The van der Waals surface area contributed by atoms with E-state index in [1.807, 2.05) is 0 Å². The molecule has 1 heterocycles. The number of nitrogens with one attached hydrogen (secondary N) is 1. The second-order valence-corrected chi connectivity index (χ2v) is 8.70. The van der Waals surface area contributed by atoms with E-state index in [9.17, 15) is 4.79 Å². The molecule has 0 unspecified atom stereocenters. The zero-order valence-corrected chi connectivity index (χ0v) is 16.7. The summed E-state index contributed by atoms with van der Waals surface area (Å²) in [5.74, 6) is 0.258. The van der Waals surface area contributed by atoms with Gasteiger partial charge in [0.1, 0.15) is 0 Å². The molecule has 2 fully saturated rings. The minimum atomic E-state index is 0.258. The van der Waals surface area contributed by atoms with Gasteiger partial charge in [0.15, 0.2) is 0 Å². The van der Waals surface area contributed by atoms with Gasteiger partial charge in [0, 0.05) is 51.2 Å². The molecule has 1 aromatic rings. The number of fused-ring (bicyclic) bond motifs is 1. The smallest absolute Gasteiger partial charge is 0.221 e. The van der Waals surface area contributed by atoms with Crippen molar-refractivity contribution in [2.75, 3.05) is 32.7 Å². The van der Waals surface area contributed by atoms with Crippen molar-refractivity contribution < 1.29 is 4.79 Å². The normalized spacial score (nSPS) is 25.1. The number of rotatable bonds is 5. The van der Waals surface area contributed by atoms with Gasteiger partial charge in [-0.3, -0.25) is 9.69 Å². The summed E-state index contributed by atoms with van der Waals surface area (Å²) >= 11 is 0. The van der Waals surface area contributed by atoms with Crippen LogP contribution in [0, 0.1) is 0 Å². The Labute approximate surface area is 164 Å². The average molecular weight is 370 g/mol. The summed E-state index contributed by atoms with van der Waals surface area (Å²) in [6.07, 6.45) is 10.6. The van der Waals surface area contributed by atoms with Gasteiger partial charge in [-0.05, 0) is 43.2 Å². The summed E-state index contributed by atoms with van der Waals surface area (Å²) in [7, 11) is 0. The van der Waals surface area contributed by atoms with Crippen molar-refractivity contribution in [2.45, 2.75) is 69.9 Å². The van der Waals surface area contributed by atoms with E-state index in [1.165, 1.54) is 51.4 Å². The van der Waals surface area contributed by atoms with Crippen LogP contribution < -0.4 is 5.32 Å². The predicted molar refractivity (Wildman–Crippen MR) is 110 cm³/mol. The van der Waals surface area contributed by atoms with Crippen LogP contribution in [-0.2, 0) is 17.6 Å². The summed E-state index contributed by atoms with van der Waals surface area (Å²) in [6, 6.07) is 10.1. The fraction of sp³-hybridized carbons (Fsp3) is 0.696. The molecule has 3 aliphatic rings. The number of benzene rings is 1. The maximum absolute atomic E-state index is 12.2. The highest BCUT2D eigenvalue weighted by molar-refractivity contribution is 5.76. The standard InChI is InChI=1S/C23H35N3O/c27-23(24-21-8-2-1-3-9-21)12-13-25-14-16-26(17-15-25)22-11-10-19-6-4-5-7-20(19)18-22/h4-7,21-22H,1-3,8-18H2,(H,24,27)/t22-/m0/s1. The predicted octanol–water partition coefficient (Wildman–Crippen LogP) is 3.00. The van der Waals surface area contributed by atoms with Gasteiger partial charge in [-0.25, -0.2) is 0 Å². The number of carbonyl (C=O) groups excluding carboxylic acids is 1. The zero-order chi connectivity index (χ0) is 18.5. The number of aryl methyl sites for hydroxylation is 1. The molecule has 1 aromatic carbocycles. The van der Waals surface area contributed by atoms with Crippen LogP contribution in [0.1, 0.15) is 56.1 Å². The van der Waals surface area contributed by atoms with Crippen molar-refractivity contribution in [1.82, 2.24) is 15.1 Å². The van der Waals surface area contributed by atoms with Gasteiger partial charge < -0.3 is 10.2 Å². The minimum Gasteiger partial charge on any atom is -0.353 e. The largest absolute Gasteiger partial charge is 0.353 e. The molecule has 1 saturated carbocycles. The quantitative estimate of drug-likeness (QED) is 0.867. The van der Waals surface area contributed by atoms with Crippen LogP contribution in [0.15, 0.2) is 24.3 Å². The first-order valence-electron chi connectivity index (χ1n) is 11.1. The Balaban J connectivity index is 1.17. The lowest BCUT2D eigenvalue weighted by Crippen LogP contribution is -2.52. The molecule has 0 radical (unpaired) electrons. The second kappa shape index (κ2) is 9.20. The van der Waals surface area contributed by atoms with Crippen molar-refractivity contribution in [2.24, 2.45) is 0 Å². The molecule has 148 valence electrons. The Kier molecular flexibility index (Phi) is 6.46. The van der Waals surface area contributed by atoms with Crippen LogP contribution in [0.4, 0.5) is 0 Å². The molecular formula is C23H35N3O. The zero-order valence-electron chi connectivity index (χ0n) is 16.7. The Morgan fingerprint density at radius 3 is 2.48 bits per heavy atom. The molecule has 4 rings (SSSR count). The van der Waals surface area contributed by atoms with E-state index >= 15 is 0 Å². The van der Waals surface area contributed by atoms with E-state index < -0.39 is 0 Å². The lowest BCUT2D eigenvalue weighted by Gasteiger charge is -2.41. The van der Waals surface area contributed by atoms with Gasteiger partial charge in [0.25, 0.3) is 0 Å². The van der Waals surface area contributed by atoms with Crippen LogP contribution >= 0.6 is 0 Å². The third-order valence-electron chi connectivity index (χ3n) is 6.87.